The fourth-order valence-electron chi connectivity index (χ4n) is 5.96. The summed E-state index contributed by atoms with van der Waals surface area (Å²) in [6.07, 6.45) is 87.0. The lowest BCUT2D eigenvalue weighted by Gasteiger charge is -2.15. The predicted octanol–water partition coefficient (Wildman–Crippen LogP) is 17.2. The zero-order chi connectivity index (χ0) is 47.7. The topological polar surface area (TPSA) is 72.8 Å². The molecule has 0 aliphatic rings. The van der Waals surface area contributed by atoms with Gasteiger partial charge in [0.25, 0.3) is 0 Å². The molecule has 0 aromatic rings. The number of aliphatic hydroxyl groups is 1. The summed E-state index contributed by atoms with van der Waals surface area (Å²) >= 11 is 0. The van der Waals surface area contributed by atoms with Crippen LogP contribution in [0.3, 0.4) is 0 Å². The maximum absolute atomic E-state index is 12.2. The van der Waals surface area contributed by atoms with E-state index in [0.29, 0.717) is 12.8 Å². The summed E-state index contributed by atoms with van der Waals surface area (Å²) in [6, 6.07) is 0. The van der Waals surface area contributed by atoms with Crippen LogP contribution in [-0.2, 0) is 19.1 Å². The molecule has 0 amide bonds. The molecule has 0 saturated heterocycles. The van der Waals surface area contributed by atoms with Crippen LogP contribution in [0.5, 0.6) is 0 Å². The number of unbranched alkanes of at least 4 members (excludes halogenated alkanes) is 5. The van der Waals surface area contributed by atoms with E-state index in [1.165, 1.54) is 0 Å². The minimum atomic E-state index is -0.821. The average Bonchev–Trinajstić information content (AvgIpc) is 3.32. The van der Waals surface area contributed by atoms with Crippen molar-refractivity contribution in [3.8, 4) is 0 Å². The molecule has 0 fully saturated rings. The van der Waals surface area contributed by atoms with E-state index in [1.54, 1.807) is 0 Å². The highest BCUT2D eigenvalue weighted by Crippen LogP contribution is 2.09. The molecule has 0 radical (unpaired) electrons. The Labute approximate surface area is 404 Å². The monoisotopic (exact) mass is 903 g/mol. The smallest absolute Gasteiger partial charge is 0.306 e. The van der Waals surface area contributed by atoms with Crippen molar-refractivity contribution in [2.75, 3.05) is 13.2 Å². The molecule has 0 aliphatic carbocycles. The van der Waals surface area contributed by atoms with Crippen molar-refractivity contribution in [1.29, 1.82) is 0 Å². The highest BCUT2D eigenvalue weighted by atomic mass is 16.6. The minimum absolute atomic E-state index is 0.115. The van der Waals surface area contributed by atoms with E-state index in [4.69, 9.17) is 9.47 Å². The van der Waals surface area contributed by atoms with Gasteiger partial charge in [0, 0.05) is 12.8 Å². The Kier molecular flexibility index (Phi) is 50.2. The fourth-order valence-corrected chi connectivity index (χ4v) is 5.96. The predicted molar refractivity (Wildman–Crippen MR) is 287 cm³/mol. The molecule has 0 spiro atoms. The van der Waals surface area contributed by atoms with Crippen molar-refractivity contribution in [2.24, 2.45) is 0 Å². The van der Waals surface area contributed by atoms with Gasteiger partial charge < -0.3 is 14.6 Å². The van der Waals surface area contributed by atoms with Crippen molar-refractivity contribution in [3.05, 3.63) is 182 Å². The maximum atomic E-state index is 12.2. The first kappa shape index (κ1) is 61.0. The number of carbonyl (C=O) groups excluding carboxylic acids is 2. The molecule has 0 aromatic carbocycles. The molecule has 66 heavy (non-hydrogen) atoms. The number of hydrogen-bond acceptors (Lipinski definition) is 5. The van der Waals surface area contributed by atoms with Crippen LogP contribution in [0, 0.1) is 0 Å². The summed E-state index contributed by atoms with van der Waals surface area (Å²) in [6.45, 7) is 3.81. The van der Waals surface area contributed by atoms with E-state index in [0.717, 1.165) is 141 Å². The van der Waals surface area contributed by atoms with Gasteiger partial charge in [0.2, 0.25) is 0 Å². The molecule has 0 aromatic heterocycles. The van der Waals surface area contributed by atoms with Crippen molar-refractivity contribution in [1.82, 2.24) is 0 Å². The molecular formula is C61H90O5. The molecule has 1 atom stereocenters. The molecule has 0 aliphatic heterocycles. The minimum Gasteiger partial charge on any atom is -0.462 e. The summed E-state index contributed by atoms with van der Waals surface area (Å²) < 4.78 is 10.6. The van der Waals surface area contributed by atoms with Crippen molar-refractivity contribution in [3.63, 3.8) is 0 Å². The Bertz CT molecular complexity index is 1580. The van der Waals surface area contributed by atoms with Crippen LogP contribution in [0.4, 0.5) is 0 Å². The van der Waals surface area contributed by atoms with Crippen LogP contribution in [-0.4, -0.2) is 36.4 Å². The number of ether oxygens (including phenoxy) is 2. The third kappa shape index (κ3) is 51.6. The Morgan fingerprint density at radius 2 is 0.606 bits per heavy atom. The Balaban J connectivity index is 3.75. The van der Waals surface area contributed by atoms with Crippen molar-refractivity contribution in [2.45, 2.75) is 174 Å². The van der Waals surface area contributed by atoms with Crippen LogP contribution in [0.1, 0.15) is 168 Å². The first-order chi connectivity index (χ1) is 32.6. The zero-order valence-electron chi connectivity index (χ0n) is 41.4. The molecule has 0 bridgehead atoms. The maximum Gasteiger partial charge on any atom is 0.306 e. The number of carbonyl (C=O) groups is 2. The van der Waals surface area contributed by atoms with E-state index >= 15 is 0 Å². The van der Waals surface area contributed by atoms with Gasteiger partial charge in [0.1, 0.15) is 6.61 Å². The Morgan fingerprint density at radius 3 is 0.909 bits per heavy atom. The summed E-state index contributed by atoms with van der Waals surface area (Å²) in [7, 11) is 0. The van der Waals surface area contributed by atoms with E-state index in [9.17, 15) is 14.7 Å². The molecule has 0 heterocycles. The quantitative estimate of drug-likeness (QED) is 0.0375. The number of hydrogen-bond donors (Lipinski definition) is 1. The van der Waals surface area contributed by atoms with Crippen LogP contribution in [0.2, 0.25) is 0 Å². The van der Waals surface area contributed by atoms with Gasteiger partial charge in [-0.1, -0.05) is 203 Å². The molecule has 0 rings (SSSR count). The lowest BCUT2D eigenvalue weighted by molar-refractivity contribution is -0.161. The summed E-state index contributed by atoms with van der Waals surface area (Å²) in [4.78, 5) is 24.4. The van der Waals surface area contributed by atoms with Crippen LogP contribution in [0.15, 0.2) is 182 Å². The van der Waals surface area contributed by atoms with Crippen LogP contribution >= 0.6 is 0 Å². The second kappa shape index (κ2) is 54.3. The summed E-state index contributed by atoms with van der Waals surface area (Å²) in [5.74, 6) is -0.698. The van der Waals surface area contributed by atoms with Gasteiger partial charge in [-0.25, -0.2) is 0 Å². The van der Waals surface area contributed by atoms with Crippen LogP contribution < -0.4 is 0 Å². The van der Waals surface area contributed by atoms with Gasteiger partial charge in [-0.15, -0.1) is 0 Å². The standard InChI is InChI=1S/C61H90O5/c1-3-5-7-9-11-13-15-17-19-20-21-22-23-24-25-26-27-28-29-30-31-32-33-34-35-36-37-38-39-40-42-44-46-48-50-52-54-56-61(64)66-59(57-62)58-65-60(63)55-53-51-49-47-45-43-41-18-16-14-12-10-8-6-4-2/h5-8,11-14,17-19,21-22,24-25,27-28,30-31,33-34,36-37,39-41,44-47,59,62H,3-4,9-10,15-16,20,23,26,29,32,35,38,42-43,48-58H2,1-2H3/b7-5-,8-6-,13-11-,14-12-,19-17-,22-21-,25-24-,28-27-,31-30-,34-33-,37-36-,40-39-,41-18-,46-44-,47-45-. The van der Waals surface area contributed by atoms with E-state index in [2.05, 4.69) is 196 Å². The molecule has 0 saturated carbocycles. The van der Waals surface area contributed by atoms with Crippen molar-refractivity contribution < 1.29 is 24.2 Å². The van der Waals surface area contributed by atoms with Gasteiger partial charge in [-0.3, -0.25) is 9.59 Å². The molecule has 1 unspecified atom stereocenters. The number of esters is 2. The van der Waals surface area contributed by atoms with Gasteiger partial charge in [-0.2, -0.15) is 0 Å². The average molecular weight is 903 g/mol. The number of allylic oxidation sites excluding steroid dienone is 30. The van der Waals surface area contributed by atoms with Gasteiger partial charge in [0.15, 0.2) is 6.10 Å². The van der Waals surface area contributed by atoms with Gasteiger partial charge >= 0.3 is 11.9 Å². The third-order valence-electron chi connectivity index (χ3n) is 9.69. The lowest BCUT2D eigenvalue weighted by atomic mass is 10.1. The Hall–Kier alpha value is -5.00. The van der Waals surface area contributed by atoms with E-state index < -0.39 is 6.10 Å². The number of aliphatic hydroxyl groups excluding tert-OH is 1. The molecule has 5 nitrogen and oxygen atoms in total. The highest BCUT2D eigenvalue weighted by molar-refractivity contribution is 5.70. The van der Waals surface area contributed by atoms with Crippen molar-refractivity contribution >= 4 is 11.9 Å². The van der Waals surface area contributed by atoms with E-state index in [1.807, 2.05) is 0 Å². The molecular weight excluding hydrogens is 813 g/mol. The first-order valence-corrected chi connectivity index (χ1v) is 25.3. The zero-order valence-corrected chi connectivity index (χ0v) is 41.4. The lowest BCUT2D eigenvalue weighted by Crippen LogP contribution is -2.28. The Morgan fingerprint density at radius 1 is 0.348 bits per heavy atom. The van der Waals surface area contributed by atoms with Gasteiger partial charge in [-0.05, 0) is 135 Å². The molecule has 1 N–H and O–H groups in total. The highest BCUT2D eigenvalue weighted by Gasteiger charge is 2.16. The largest absolute Gasteiger partial charge is 0.462 e. The fraction of sp³-hybridized carbons (Fsp3) is 0.475. The van der Waals surface area contributed by atoms with Crippen LogP contribution in [0.25, 0.3) is 0 Å². The second-order valence-corrected chi connectivity index (χ2v) is 15.8. The van der Waals surface area contributed by atoms with Gasteiger partial charge in [0.05, 0.1) is 6.61 Å². The molecule has 364 valence electrons. The molecule has 5 heteroatoms. The summed E-state index contributed by atoms with van der Waals surface area (Å²) in [5, 5.41) is 9.60. The summed E-state index contributed by atoms with van der Waals surface area (Å²) in [5.41, 5.74) is 0. The third-order valence-corrected chi connectivity index (χ3v) is 9.69. The van der Waals surface area contributed by atoms with E-state index in [-0.39, 0.29) is 25.2 Å². The number of rotatable bonds is 43. The first-order valence-electron chi connectivity index (χ1n) is 25.3. The second-order valence-electron chi connectivity index (χ2n) is 15.8. The normalized spacial score (nSPS) is 13.8. The SMILES string of the molecule is CC/C=C\C/C=C\C/C=C\C/C=C\C/C=C\C/C=C\C/C=C\C/C=C\C/C=C\C/C=C\C/C=C\CCCCCC(=O)OC(CO)COC(=O)CCCC/C=C\C/C=C\C/C=C\C/C=C\CC.